The Morgan fingerprint density at radius 2 is 1.46 bits per heavy atom. The molecular formula is C24H19N3O. The Kier molecular flexibility index (Phi) is 4.85. The van der Waals surface area contributed by atoms with Crippen molar-refractivity contribution < 1.29 is 4.79 Å². The largest absolute Gasteiger partial charge is 0.383 e. The lowest BCUT2D eigenvalue weighted by molar-refractivity contribution is 0.102. The van der Waals surface area contributed by atoms with Gasteiger partial charge in [0, 0.05) is 16.8 Å². The standard InChI is InChI=1S/C24H19N3O/c25-23(18-8-2-1-3-9-18)26-21-11-6-12-22(16-21)27-24(28)20-14-13-17-7-4-5-10-19(17)15-20/h1-16H,(H2,25,26)(H,27,28). The zero-order chi connectivity index (χ0) is 19.3. The predicted octanol–water partition coefficient (Wildman–Crippen LogP) is 5.13. The highest BCUT2D eigenvalue weighted by molar-refractivity contribution is 6.06. The molecule has 0 aliphatic carbocycles. The summed E-state index contributed by atoms with van der Waals surface area (Å²) in [6.07, 6.45) is 0. The number of carbonyl (C=O) groups is 1. The van der Waals surface area contributed by atoms with Gasteiger partial charge in [-0.3, -0.25) is 4.79 Å². The van der Waals surface area contributed by atoms with Crippen molar-refractivity contribution in [1.82, 2.24) is 0 Å². The molecule has 28 heavy (non-hydrogen) atoms. The van der Waals surface area contributed by atoms with Crippen LogP contribution in [0.15, 0.2) is 102 Å². The molecule has 0 aromatic heterocycles. The Labute approximate surface area is 163 Å². The third-order valence-corrected chi connectivity index (χ3v) is 4.43. The van der Waals surface area contributed by atoms with E-state index in [1.54, 1.807) is 6.07 Å². The Morgan fingerprint density at radius 3 is 2.29 bits per heavy atom. The topological polar surface area (TPSA) is 67.5 Å². The first-order valence-electron chi connectivity index (χ1n) is 8.99. The van der Waals surface area contributed by atoms with Gasteiger partial charge in [-0.25, -0.2) is 4.99 Å². The fourth-order valence-corrected chi connectivity index (χ4v) is 3.00. The van der Waals surface area contributed by atoms with E-state index in [9.17, 15) is 4.79 Å². The van der Waals surface area contributed by atoms with Crippen molar-refractivity contribution in [3.05, 3.63) is 108 Å². The molecule has 136 valence electrons. The molecule has 0 aliphatic rings. The highest BCUT2D eigenvalue weighted by Crippen LogP contribution is 2.21. The molecule has 0 heterocycles. The second kappa shape index (κ2) is 7.76. The minimum absolute atomic E-state index is 0.164. The van der Waals surface area contributed by atoms with Gasteiger partial charge in [0.25, 0.3) is 5.91 Å². The molecule has 0 fully saturated rings. The van der Waals surface area contributed by atoms with Crippen LogP contribution in [0.3, 0.4) is 0 Å². The first kappa shape index (κ1) is 17.5. The van der Waals surface area contributed by atoms with E-state index in [-0.39, 0.29) is 5.91 Å². The van der Waals surface area contributed by atoms with Crippen molar-refractivity contribution in [3.8, 4) is 0 Å². The predicted molar refractivity (Wildman–Crippen MR) is 115 cm³/mol. The number of amidine groups is 1. The van der Waals surface area contributed by atoms with Gasteiger partial charge in [0.2, 0.25) is 0 Å². The fraction of sp³-hybridized carbons (Fsp3) is 0. The number of aliphatic imine (C=N–C) groups is 1. The number of hydrogen-bond donors (Lipinski definition) is 2. The summed E-state index contributed by atoms with van der Waals surface area (Å²) in [5, 5.41) is 5.06. The average molecular weight is 365 g/mol. The van der Waals surface area contributed by atoms with Gasteiger partial charge in [0.1, 0.15) is 5.84 Å². The van der Waals surface area contributed by atoms with Crippen molar-refractivity contribution in [2.24, 2.45) is 10.7 Å². The van der Waals surface area contributed by atoms with Gasteiger partial charge in [0.15, 0.2) is 0 Å². The Bertz CT molecular complexity index is 1170. The van der Waals surface area contributed by atoms with Crippen LogP contribution in [-0.2, 0) is 0 Å². The van der Waals surface area contributed by atoms with Crippen molar-refractivity contribution in [3.63, 3.8) is 0 Å². The third-order valence-electron chi connectivity index (χ3n) is 4.43. The summed E-state index contributed by atoms with van der Waals surface area (Å²) in [7, 11) is 0. The minimum Gasteiger partial charge on any atom is -0.383 e. The van der Waals surface area contributed by atoms with Gasteiger partial charge in [-0.15, -0.1) is 0 Å². The average Bonchev–Trinajstić information content (AvgIpc) is 2.74. The Hall–Kier alpha value is -3.92. The van der Waals surface area contributed by atoms with Gasteiger partial charge in [-0.2, -0.15) is 0 Å². The van der Waals surface area contributed by atoms with Crippen LogP contribution in [0.5, 0.6) is 0 Å². The summed E-state index contributed by atoms with van der Waals surface area (Å²) in [5.41, 5.74) is 8.89. The fourth-order valence-electron chi connectivity index (χ4n) is 3.00. The molecule has 0 radical (unpaired) electrons. The van der Waals surface area contributed by atoms with Crippen LogP contribution in [0.4, 0.5) is 11.4 Å². The van der Waals surface area contributed by atoms with Crippen LogP contribution >= 0.6 is 0 Å². The monoisotopic (exact) mass is 365 g/mol. The molecule has 4 rings (SSSR count). The van der Waals surface area contributed by atoms with E-state index in [4.69, 9.17) is 5.73 Å². The molecule has 3 N–H and O–H groups in total. The highest BCUT2D eigenvalue weighted by Gasteiger charge is 2.07. The second-order valence-corrected chi connectivity index (χ2v) is 6.43. The number of anilines is 1. The van der Waals surface area contributed by atoms with E-state index >= 15 is 0 Å². The molecule has 4 aromatic rings. The second-order valence-electron chi connectivity index (χ2n) is 6.43. The summed E-state index contributed by atoms with van der Waals surface area (Å²) in [5.74, 6) is 0.265. The molecule has 0 atom stereocenters. The van der Waals surface area contributed by atoms with Crippen molar-refractivity contribution in [2.75, 3.05) is 5.32 Å². The molecular weight excluding hydrogens is 346 g/mol. The quantitative estimate of drug-likeness (QED) is 0.389. The van der Waals surface area contributed by atoms with Crippen molar-refractivity contribution in [1.29, 1.82) is 0 Å². The maximum absolute atomic E-state index is 12.6. The van der Waals surface area contributed by atoms with Crippen molar-refractivity contribution in [2.45, 2.75) is 0 Å². The van der Waals surface area contributed by atoms with Gasteiger partial charge in [-0.1, -0.05) is 66.7 Å². The molecule has 0 unspecified atom stereocenters. The highest BCUT2D eigenvalue weighted by atomic mass is 16.1. The molecule has 0 spiro atoms. The van der Waals surface area contributed by atoms with E-state index in [0.29, 0.717) is 22.8 Å². The lowest BCUT2D eigenvalue weighted by Crippen LogP contribution is -2.13. The lowest BCUT2D eigenvalue weighted by atomic mass is 10.1. The van der Waals surface area contributed by atoms with Crippen LogP contribution in [0.25, 0.3) is 10.8 Å². The summed E-state index contributed by atoms with van der Waals surface area (Å²) in [6.45, 7) is 0. The zero-order valence-electron chi connectivity index (χ0n) is 15.2. The summed E-state index contributed by atoms with van der Waals surface area (Å²) in [6, 6.07) is 30.5. The number of amides is 1. The number of rotatable bonds is 4. The van der Waals surface area contributed by atoms with Gasteiger partial charge < -0.3 is 11.1 Å². The minimum atomic E-state index is -0.164. The molecule has 0 aliphatic heterocycles. The molecule has 0 bridgehead atoms. The Balaban J connectivity index is 1.55. The molecule has 4 nitrogen and oxygen atoms in total. The van der Waals surface area contributed by atoms with Crippen molar-refractivity contribution >= 4 is 33.9 Å². The van der Waals surface area contributed by atoms with Crippen LogP contribution in [-0.4, -0.2) is 11.7 Å². The summed E-state index contributed by atoms with van der Waals surface area (Å²) >= 11 is 0. The number of benzene rings is 4. The number of hydrogen-bond acceptors (Lipinski definition) is 2. The Morgan fingerprint density at radius 1 is 0.714 bits per heavy atom. The van der Waals surface area contributed by atoms with Crippen LogP contribution < -0.4 is 11.1 Å². The first-order valence-corrected chi connectivity index (χ1v) is 8.99. The van der Waals surface area contributed by atoms with E-state index in [1.165, 1.54) is 0 Å². The van der Waals surface area contributed by atoms with Crippen LogP contribution in [0.2, 0.25) is 0 Å². The smallest absolute Gasteiger partial charge is 0.255 e. The van der Waals surface area contributed by atoms with E-state index in [0.717, 1.165) is 16.3 Å². The van der Waals surface area contributed by atoms with E-state index < -0.39 is 0 Å². The number of nitrogens with one attached hydrogen (secondary N) is 1. The van der Waals surface area contributed by atoms with Gasteiger partial charge >= 0.3 is 0 Å². The molecule has 0 saturated carbocycles. The molecule has 0 saturated heterocycles. The lowest BCUT2D eigenvalue weighted by Gasteiger charge is -2.08. The molecule has 4 aromatic carbocycles. The summed E-state index contributed by atoms with van der Waals surface area (Å²) in [4.78, 5) is 17.1. The third kappa shape index (κ3) is 3.91. The van der Waals surface area contributed by atoms with Gasteiger partial charge in [-0.05, 0) is 41.1 Å². The van der Waals surface area contributed by atoms with Gasteiger partial charge in [0.05, 0.1) is 5.69 Å². The van der Waals surface area contributed by atoms with Crippen LogP contribution in [0, 0.1) is 0 Å². The number of nitrogens with zero attached hydrogens (tertiary/aromatic N) is 1. The maximum atomic E-state index is 12.6. The van der Waals surface area contributed by atoms with E-state index in [2.05, 4.69) is 10.3 Å². The summed E-state index contributed by atoms with van der Waals surface area (Å²) < 4.78 is 0. The molecule has 1 amide bonds. The zero-order valence-corrected chi connectivity index (χ0v) is 15.2. The number of fused-ring (bicyclic) bond motifs is 1. The van der Waals surface area contributed by atoms with Crippen LogP contribution in [0.1, 0.15) is 15.9 Å². The number of nitrogens with two attached hydrogens (primary N) is 1. The number of carbonyl (C=O) groups excluding carboxylic acids is 1. The molecule has 4 heteroatoms. The SMILES string of the molecule is NC(=Nc1cccc(NC(=O)c2ccc3ccccc3c2)c1)c1ccccc1. The van der Waals surface area contributed by atoms with E-state index in [1.807, 2.05) is 91.0 Å². The first-order chi connectivity index (χ1) is 13.7. The normalized spacial score (nSPS) is 11.4. The maximum Gasteiger partial charge on any atom is 0.255 e.